The van der Waals surface area contributed by atoms with Crippen molar-refractivity contribution in [3.63, 3.8) is 0 Å². The molecule has 4 nitrogen and oxygen atoms in total. The fraction of sp³-hybridized carbons (Fsp3) is 0.357. The van der Waals surface area contributed by atoms with Gasteiger partial charge >= 0.3 is 0 Å². The van der Waals surface area contributed by atoms with Gasteiger partial charge < -0.3 is 14.6 Å². The van der Waals surface area contributed by atoms with E-state index < -0.39 is 0 Å². The lowest BCUT2D eigenvalue weighted by molar-refractivity contribution is 0.0794. The molecule has 18 heavy (non-hydrogen) atoms. The maximum atomic E-state index is 12.3. The van der Waals surface area contributed by atoms with Crippen LogP contribution >= 0.6 is 0 Å². The van der Waals surface area contributed by atoms with E-state index in [0.717, 1.165) is 30.5 Å². The van der Waals surface area contributed by atoms with Gasteiger partial charge in [0.15, 0.2) is 0 Å². The Hall–Kier alpha value is -1.81. The van der Waals surface area contributed by atoms with Crippen LogP contribution in [-0.4, -0.2) is 38.0 Å². The summed E-state index contributed by atoms with van der Waals surface area (Å²) in [5.41, 5.74) is 1.39. The van der Waals surface area contributed by atoms with Gasteiger partial charge in [-0.2, -0.15) is 0 Å². The zero-order valence-corrected chi connectivity index (χ0v) is 10.8. The molecule has 0 saturated carbocycles. The molecule has 4 heteroatoms. The second-order valence-electron chi connectivity index (χ2n) is 4.33. The third-order valence-electron chi connectivity index (χ3n) is 2.98. The van der Waals surface area contributed by atoms with Crippen LogP contribution in [0.2, 0.25) is 0 Å². The summed E-state index contributed by atoms with van der Waals surface area (Å²) >= 11 is 0. The fourth-order valence-corrected chi connectivity index (χ4v) is 1.94. The summed E-state index contributed by atoms with van der Waals surface area (Å²) in [5.74, 6) is 0.0102. The molecule has 0 bridgehead atoms. The molecule has 0 aliphatic rings. The van der Waals surface area contributed by atoms with Gasteiger partial charge in [0, 0.05) is 19.0 Å². The van der Waals surface area contributed by atoms with Crippen molar-refractivity contribution in [3.05, 3.63) is 36.1 Å². The first-order chi connectivity index (χ1) is 8.74. The number of nitrogens with one attached hydrogen (secondary N) is 1. The molecule has 0 aliphatic carbocycles. The average molecular weight is 246 g/mol. The second-order valence-corrected chi connectivity index (χ2v) is 4.33. The van der Waals surface area contributed by atoms with Crippen molar-refractivity contribution in [1.82, 2.24) is 10.2 Å². The van der Waals surface area contributed by atoms with E-state index in [0.29, 0.717) is 5.56 Å². The third kappa shape index (κ3) is 2.54. The van der Waals surface area contributed by atoms with Crippen LogP contribution in [0.4, 0.5) is 0 Å². The molecule has 0 atom stereocenters. The number of amides is 1. The summed E-state index contributed by atoms with van der Waals surface area (Å²) in [5, 5.41) is 3.95. The monoisotopic (exact) mass is 246 g/mol. The number of hydrogen-bond acceptors (Lipinski definition) is 3. The molecule has 0 spiro atoms. The van der Waals surface area contributed by atoms with E-state index >= 15 is 0 Å². The minimum Gasteiger partial charge on any atom is -0.463 e. The van der Waals surface area contributed by atoms with E-state index in [9.17, 15) is 4.79 Å². The highest BCUT2D eigenvalue weighted by Gasteiger charge is 2.16. The summed E-state index contributed by atoms with van der Waals surface area (Å²) in [6.45, 7) is 1.64. The average Bonchev–Trinajstić information content (AvgIpc) is 2.82. The second kappa shape index (κ2) is 5.69. The normalized spacial score (nSPS) is 10.8. The van der Waals surface area contributed by atoms with Crippen LogP contribution < -0.4 is 5.32 Å². The van der Waals surface area contributed by atoms with E-state index in [1.807, 2.05) is 38.4 Å². The largest absolute Gasteiger partial charge is 0.463 e. The summed E-state index contributed by atoms with van der Waals surface area (Å²) in [6.07, 6.45) is 2.48. The lowest BCUT2D eigenvalue weighted by atomic mass is 10.1. The lowest BCUT2D eigenvalue weighted by Crippen LogP contribution is -2.29. The Morgan fingerprint density at radius 3 is 2.94 bits per heavy atom. The first kappa shape index (κ1) is 12.6. The van der Waals surface area contributed by atoms with Gasteiger partial charge in [-0.25, -0.2) is 0 Å². The highest BCUT2D eigenvalue weighted by atomic mass is 16.3. The predicted molar refractivity (Wildman–Crippen MR) is 71.7 cm³/mol. The van der Waals surface area contributed by atoms with E-state index in [-0.39, 0.29) is 5.91 Å². The number of benzene rings is 1. The molecule has 2 rings (SSSR count). The molecular weight excluding hydrogens is 228 g/mol. The molecule has 1 N–H and O–H groups in total. The minimum absolute atomic E-state index is 0.0102. The molecule has 0 radical (unpaired) electrons. The minimum atomic E-state index is 0.0102. The number of rotatable bonds is 5. The van der Waals surface area contributed by atoms with Gasteiger partial charge in [-0.15, -0.1) is 0 Å². The van der Waals surface area contributed by atoms with Gasteiger partial charge in [-0.3, -0.25) is 4.79 Å². The molecule has 2 aromatic rings. The van der Waals surface area contributed by atoms with Crippen LogP contribution in [0.15, 0.2) is 34.9 Å². The number of carbonyl (C=O) groups excluding carboxylic acids is 1. The Kier molecular flexibility index (Phi) is 3.99. The number of carbonyl (C=O) groups is 1. The number of nitrogens with zero attached hydrogens (tertiary/aromatic N) is 1. The number of hydrogen-bond donors (Lipinski definition) is 1. The molecule has 1 aromatic carbocycles. The van der Waals surface area contributed by atoms with Crippen LogP contribution in [0, 0.1) is 0 Å². The van der Waals surface area contributed by atoms with Gasteiger partial charge in [0.25, 0.3) is 5.91 Å². The molecule has 0 saturated heterocycles. The van der Waals surface area contributed by atoms with Gasteiger partial charge in [0.2, 0.25) is 0 Å². The van der Waals surface area contributed by atoms with Crippen molar-refractivity contribution in [2.75, 3.05) is 27.2 Å². The standard InChI is InChI=1S/C14H18N2O2/c1-15-8-5-9-16(2)14(17)12-10-18-13-7-4-3-6-11(12)13/h3-4,6-7,10,15H,5,8-9H2,1-2H3. The van der Waals surface area contributed by atoms with Gasteiger partial charge in [-0.05, 0) is 26.1 Å². The lowest BCUT2D eigenvalue weighted by Gasteiger charge is -2.16. The van der Waals surface area contributed by atoms with Crippen molar-refractivity contribution < 1.29 is 9.21 Å². The van der Waals surface area contributed by atoms with Crippen molar-refractivity contribution >= 4 is 16.9 Å². The third-order valence-corrected chi connectivity index (χ3v) is 2.98. The Morgan fingerprint density at radius 2 is 2.17 bits per heavy atom. The molecule has 0 unspecified atom stereocenters. The van der Waals surface area contributed by atoms with Crippen LogP contribution in [0.3, 0.4) is 0 Å². The highest BCUT2D eigenvalue weighted by Crippen LogP contribution is 2.21. The molecule has 0 aliphatic heterocycles. The summed E-state index contributed by atoms with van der Waals surface area (Å²) in [6, 6.07) is 7.59. The Balaban J connectivity index is 2.13. The summed E-state index contributed by atoms with van der Waals surface area (Å²) < 4.78 is 5.39. The SMILES string of the molecule is CNCCCN(C)C(=O)c1coc2ccccc12. The molecular formula is C14H18N2O2. The Labute approximate surface area is 107 Å². The number of fused-ring (bicyclic) bond motifs is 1. The predicted octanol–water partition coefficient (Wildman–Crippen LogP) is 2.11. The van der Waals surface area contributed by atoms with Crippen molar-refractivity contribution in [1.29, 1.82) is 0 Å². The zero-order chi connectivity index (χ0) is 13.0. The van der Waals surface area contributed by atoms with Gasteiger partial charge in [-0.1, -0.05) is 18.2 Å². The van der Waals surface area contributed by atoms with E-state index in [1.165, 1.54) is 0 Å². The van der Waals surface area contributed by atoms with Crippen LogP contribution in [0.5, 0.6) is 0 Å². The fourth-order valence-electron chi connectivity index (χ4n) is 1.94. The van der Waals surface area contributed by atoms with Gasteiger partial charge in [0.1, 0.15) is 11.8 Å². The molecule has 1 aromatic heterocycles. The Morgan fingerprint density at radius 1 is 1.39 bits per heavy atom. The zero-order valence-electron chi connectivity index (χ0n) is 10.8. The van der Waals surface area contributed by atoms with Crippen LogP contribution in [-0.2, 0) is 0 Å². The Bertz CT molecular complexity index is 533. The van der Waals surface area contributed by atoms with E-state index in [4.69, 9.17) is 4.42 Å². The maximum Gasteiger partial charge on any atom is 0.257 e. The topological polar surface area (TPSA) is 45.5 Å². The number of para-hydroxylation sites is 1. The molecule has 1 amide bonds. The van der Waals surface area contributed by atoms with Crippen molar-refractivity contribution in [2.45, 2.75) is 6.42 Å². The molecule has 96 valence electrons. The quantitative estimate of drug-likeness (QED) is 0.822. The first-order valence-electron chi connectivity index (χ1n) is 6.10. The first-order valence-corrected chi connectivity index (χ1v) is 6.10. The summed E-state index contributed by atoms with van der Waals surface area (Å²) in [4.78, 5) is 14.0. The van der Waals surface area contributed by atoms with E-state index in [1.54, 1.807) is 11.2 Å². The highest BCUT2D eigenvalue weighted by molar-refractivity contribution is 6.05. The maximum absolute atomic E-state index is 12.3. The van der Waals surface area contributed by atoms with Crippen LogP contribution in [0.25, 0.3) is 11.0 Å². The van der Waals surface area contributed by atoms with Crippen molar-refractivity contribution in [2.24, 2.45) is 0 Å². The molecule has 0 fully saturated rings. The molecule has 1 heterocycles. The smallest absolute Gasteiger partial charge is 0.257 e. The van der Waals surface area contributed by atoms with E-state index in [2.05, 4.69) is 5.32 Å². The van der Waals surface area contributed by atoms with Crippen molar-refractivity contribution in [3.8, 4) is 0 Å². The van der Waals surface area contributed by atoms with Gasteiger partial charge in [0.05, 0.1) is 5.56 Å². The number of furan rings is 1. The summed E-state index contributed by atoms with van der Waals surface area (Å²) in [7, 11) is 3.73. The van der Waals surface area contributed by atoms with Crippen LogP contribution in [0.1, 0.15) is 16.8 Å².